The van der Waals surface area contributed by atoms with Crippen LogP contribution in [0.4, 0.5) is 0 Å². The van der Waals surface area contributed by atoms with E-state index in [-0.39, 0.29) is 13.2 Å². The first-order valence-corrected chi connectivity index (χ1v) is 5.19. The number of aliphatic hydroxyl groups excluding tert-OH is 9. The van der Waals surface area contributed by atoms with E-state index in [0.29, 0.717) is 0 Å². The summed E-state index contributed by atoms with van der Waals surface area (Å²) in [5, 5.41) is 76.2. The lowest BCUT2D eigenvalue weighted by molar-refractivity contribution is -0.123. The first kappa shape index (κ1) is 20.0. The van der Waals surface area contributed by atoms with E-state index in [1.807, 2.05) is 0 Å². The monoisotopic (exact) mass is 274 g/mol. The van der Waals surface area contributed by atoms with Crippen LogP contribution in [0.5, 0.6) is 0 Å². The van der Waals surface area contributed by atoms with Gasteiger partial charge in [-0.15, -0.1) is 0 Å². The van der Waals surface area contributed by atoms with Crippen molar-refractivity contribution in [3.05, 3.63) is 0 Å². The number of hydrogen-bond donors (Lipinski definition) is 9. The Morgan fingerprint density at radius 2 is 0.778 bits per heavy atom. The van der Waals surface area contributed by atoms with Gasteiger partial charge in [0.1, 0.15) is 30.5 Å². The Hall–Kier alpha value is -0.360. The lowest BCUT2D eigenvalue weighted by Gasteiger charge is -2.24. The third-order valence-electron chi connectivity index (χ3n) is 1.93. The van der Waals surface area contributed by atoms with Crippen molar-refractivity contribution in [1.29, 1.82) is 0 Å². The molecule has 9 heteroatoms. The Morgan fingerprint density at radius 1 is 0.500 bits per heavy atom. The van der Waals surface area contributed by atoms with Crippen LogP contribution >= 0.6 is 0 Å². The second-order valence-corrected chi connectivity index (χ2v) is 3.50. The smallest absolute Gasteiger partial charge is 0.111 e. The van der Waals surface area contributed by atoms with E-state index in [9.17, 15) is 0 Å². The highest BCUT2D eigenvalue weighted by Crippen LogP contribution is 2.03. The summed E-state index contributed by atoms with van der Waals surface area (Å²) < 4.78 is 0. The van der Waals surface area contributed by atoms with Crippen molar-refractivity contribution in [2.24, 2.45) is 0 Å². The van der Waals surface area contributed by atoms with Crippen molar-refractivity contribution < 1.29 is 46.0 Å². The van der Waals surface area contributed by atoms with Crippen molar-refractivity contribution in [3.63, 3.8) is 0 Å². The normalized spacial score (nSPS) is 17.7. The maximum Gasteiger partial charge on any atom is 0.111 e. The zero-order valence-corrected chi connectivity index (χ0v) is 9.74. The maximum atomic E-state index is 8.96. The van der Waals surface area contributed by atoms with Crippen LogP contribution in [0.2, 0.25) is 0 Å². The SMILES string of the molecule is OCC(O)CO.OC[C@@H](O)[C@@H](O)[C@H](O)[C@@H](O)CO. The van der Waals surface area contributed by atoms with E-state index in [4.69, 9.17) is 46.0 Å². The Morgan fingerprint density at radius 3 is 0.889 bits per heavy atom. The summed E-state index contributed by atoms with van der Waals surface area (Å²) >= 11 is 0. The van der Waals surface area contributed by atoms with E-state index in [1.165, 1.54) is 0 Å². The lowest BCUT2D eigenvalue weighted by Crippen LogP contribution is -2.46. The van der Waals surface area contributed by atoms with Gasteiger partial charge in [-0.1, -0.05) is 0 Å². The highest BCUT2D eigenvalue weighted by atomic mass is 16.4. The molecule has 0 aliphatic carbocycles. The van der Waals surface area contributed by atoms with Gasteiger partial charge >= 0.3 is 0 Å². The average Bonchev–Trinajstić information content (AvgIpc) is 2.43. The van der Waals surface area contributed by atoms with Gasteiger partial charge in [0.25, 0.3) is 0 Å². The highest BCUT2D eigenvalue weighted by molar-refractivity contribution is 4.79. The minimum absolute atomic E-state index is 0.365. The summed E-state index contributed by atoms with van der Waals surface area (Å²) in [5.41, 5.74) is 0. The fraction of sp³-hybridized carbons (Fsp3) is 1.00. The number of hydrogen-bond acceptors (Lipinski definition) is 9. The quantitative estimate of drug-likeness (QED) is 0.219. The van der Waals surface area contributed by atoms with E-state index >= 15 is 0 Å². The molecule has 0 amide bonds. The van der Waals surface area contributed by atoms with Gasteiger partial charge in [-0.25, -0.2) is 0 Å². The van der Waals surface area contributed by atoms with Crippen molar-refractivity contribution in [2.75, 3.05) is 26.4 Å². The lowest BCUT2D eigenvalue weighted by atomic mass is 10.0. The third-order valence-corrected chi connectivity index (χ3v) is 1.93. The summed E-state index contributed by atoms with van der Waals surface area (Å²) in [6, 6.07) is 0. The van der Waals surface area contributed by atoms with Gasteiger partial charge in [0.05, 0.1) is 26.4 Å². The molecule has 0 bridgehead atoms. The molecule has 0 saturated carbocycles. The second-order valence-electron chi connectivity index (χ2n) is 3.50. The first-order valence-electron chi connectivity index (χ1n) is 5.19. The van der Waals surface area contributed by atoms with Crippen molar-refractivity contribution in [2.45, 2.75) is 30.5 Å². The van der Waals surface area contributed by atoms with Gasteiger partial charge in [-0.05, 0) is 0 Å². The molecule has 0 rings (SSSR count). The number of aliphatic hydroxyl groups is 9. The molecule has 9 N–H and O–H groups in total. The molecule has 0 aromatic rings. The van der Waals surface area contributed by atoms with E-state index in [0.717, 1.165) is 0 Å². The van der Waals surface area contributed by atoms with E-state index < -0.39 is 43.7 Å². The summed E-state index contributed by atoms with van der Waals surface area (Å²) in [6.45, 7) is -2.18. The largest absolute Gasteiger partial charge is 0.394 e. The van der Waals surface area contributed by atoms with Crippen molar-refractivity contribution in [3.8, 4) is 0 Å². The van der Waals surface area contributed by atoms with Crippen LogP contribution in [0.15, 0.2) is 0 Å². The van der Waals surface area contributed by atoms with Gasteiger partial charge in [-0.2, -0.15) is 0 Å². The standard InChI is InChI=1S/C6H14O6.C3H8O3/c7-1-3(9)5(11)6(12)4(10)2-8;4-1-3(6)2-5/h3-12H,1-2H2;3-6H,1-2H2/t3-,4+,5-,6-;/m1./s1. The van der Waals surface area contributed by atoms with Crippen LogP contribution in [0.1, 0.15) is 0 Å². The minimum atomic E-state index is -1.67. The first-order chi connectivity index (χ1) is 8.35. The van der Waals surface area contributed by atoms with Crippen LogP contribution in [-0.2, 0) is 0 Å². The van der Waals surface area contributed by atoms with Crippen LogP contribution < -0.4 is 0 Å². The molecule has 0 spiro atoms. The topological polar surface area (TPSA) is 182 Å². The van der Waals surface area contributed by atoms with Crippen LogP contribution in [-0.4, -0.2) is 103 Å². The zero-order valence-electron chi connectivity index (χ0n) is 9.74. The number of rotatable bonds is 7. The molecule has 0 unspecified atom stereocenters. The predicted octanol–water partition coefficient (Wildman–Crippen LogP) is -5.25. The summed E-state index contributed by atoms with van der Waals surface area (Å²) in [6.07, 6.45) is -7.35. The molecule has 0 heterocycles. The molecule has 0 aliphatic heterocycles. The van der Waals surface area contributed by atoms with Crippen molar-refractivity contribution in [1.82, 2.24) is 0 Å². The van der Waals surface area contributed by atoms with Gasteiger partial charge < -0.3 is 46.0 Å². The molecule has 0 aromatic heterocycles. The fourth-order valence-corrected chi connectivity index (χ4v) is 0.729. The molecule has 0 radical (unpaired) electrons. The molecule has 9 nitrogen and oxygen atoms in total. The van der Waals surface area contributed by atoms with Gasteiger partial charge in [0.15, 0.2) is 0 Å². The molecule has 0 aliphatic rings. The average molecular weight is 274 g/mol. The Labute approximate surface area is 104 Å². The maximum absolute atomic E-state index is 8.96. The fourth-order valence-electron chi connectivity index (χ4n) is 0.729. The summed E-state index contributed by atoms with van der Waals surface area (Å²) in [5.74, 6) is 0. The van der Waals surface area contributed by atoms with Crippen molar-refractivity contribution >= 4 is 0 Å². The van der Waals surface area contributed by atoms with Crippen LogP contribution in [0, 0.1) is 0 Å². The minimum Gasteiger partial charge on any atom is -0.394 e. The molecule has 0 fully saturated rings. The molecule has 0 aromatic carbocycles. The van der Waals surface area contributed by atoms with E-state index in [1.54, 1.807) is 0 Å². The predicted molar refractivity (Wildman–Crippen MR) is 58.4 cm³/mol. The van der Waals surface area contributed by atoms with Gasteiger partial charge in [0.2, 0.25) is 0 Å². The molecule has 4 atom stereocenters. The summed E-state index contributed by atoms with van der Waals surface area (Å²) in [4.78, 5) is 0. The Balaban J connectivity index is 0. The Kier molecular flexibility index (Phi) is 13.0. The second kappa shape index (κ2) is 11.7. The summed E-state index contributed by atoms with van der Waals surface area (Å²) in [7, 11) is 0. The highest BCUT2D eigenvalue weighted by Gasteiger charge is 2.29. The van der Waals surface area contributed by atoms with Crippen LogP contribution in [0.25, 0.3) is 0 Å². The molecule has 18 heavy (non-hydrogen) atoms. The van der Waals surface area contributed by atoms with Gasteiger partial charge in [0, 0.05) is 0 Å². The van der Waals surface area contributed by atoms with Crippen LogP contribution in [0.3, 0.4) is 0 Å². The molecule has 112 valence electrons. The third kappa shape index (κ3) is 8.69. The van der Waals surface area contributed by atoms with Gasteiger partial charge in [-0.3, -0.25) is 0 Å². The molecular weight excluding hydrogens is 252 g/mol. The van der Waals surface area contributed by atoms with E-state index in [2.05, 4.69) is 0 Å². The molecular formula is C9H22O9. The molecule has 0 saturated heterocycles. The Bertz CT molecular complexity index is 161. The zero-order chi connectivity index (χ0) is 14.7.